The second-order valence-electron chi connectivity index (χ2n) is 3.06. The fourth-order valence-corrected chi connectivity index (χ4v) is 2.26. The van der Waals surface area contributed by atoms with Crippen molar-refractivity contribution in [3.63, 3.8) is 0 Å². The molecule has 0 aliphatic carbocycles. The van der Waals surface area contributed by atoms with Crippen LogP contribution < -0.4 is 0 Å². The molecule has 15 heavy (non-hydrogen) atoms. The molecule has 2 aromatic rings. The lowest BCUT2D eigenvalue weighted by atomic mass is 10.1. The van der Waals surface area contributed by atoms with Gasteiger partial charge in [-0.05, 0) is 17.5 Å². The van der Waals surface area contributed by atoms with E-state index in [1.807, 2.05) is 0 Å². The predicted molar refractivity (Wildman–Crippen MR) is 57.3 cm³/mol. The van der Waals surface area contributed by atoms with Gasteiger partial charge in [0, 0.05) is 10.4 Å². The smallest absolute Gasteiger partial charge is 0.189 e. The highest BCUT2D eigenvalue weighted by molar-refractivity contribution is 7.86. The van der Waals surface area contributed by atoms with Crippen molar-refractivity contribution >= 4 is 32.6 Å². The van der Waals surface area contributed by atoms with E-state index in [0.29, 0.717) is 10.8 Å². The quantitative estimate of drug-likeness (QED) is 0.722. The molecular formula is C10H6ClFO2S. The Hall–Kier alpha value is -1.13. The van der Waals surface area contributed by atoms with Crippen molar-refractivity contribution in [1.82, 2.24) is 0 Å². The summed E-state index contributed by atoms with van der Waals surface area (Å²) >= 11 is 5.84. The van der Waals surface area contributed by atoms with E-state index in [1.165, 1.54) is 6.07 Å². The molecule has 78 valence electrons. The van der Waals surface area contributed by atoms with Gasteiger partial charge in [0.05, 0.1) is 0 Å². The molecule has 0 atom stereocenters. The number of halogens is 2. The number of hydrogen-bond acceptors (Lipinski definition) is 2. The Balaban J connectivity index is 2.85. The molecule has 0 unspecified atom stereocenters. The molecule has 0 heterocycles. The van der Waals surface area contributed by atoms with Gasteiger partial charge in [-0.3, -0.25) is 0 Å². The molecule has 2 aromatic carbocycles. The number of rotatable bonds is 1. The summed E-state index contributed by atoms with van der Waals surface area (Å²) in [6.07, 6.45) is 0. The first-order valence-electron chi connectivity index (χ1n) is 4.11. The SMILES string of the molecule is O=S(=O)(F)c1cc(Cl)c2ccccc2c1. The van der Waals surface area contributed by atoms with E-state index in [-0.39, 0.29) is 5.02 Å². The van der Waals surface area contributed by atoms with Gasteiger partial charge in [0.25, 0.3) is 0 Å². The first-order chi connectivity index (χ1) is 6.98. The van der Waals surface area contributed by atoms with E-state index in [1.54, 1.807) is 24.3 Å². The van der Waals surface area contributed by atoms with Gasteiger partial charge in [0.15, 0.2) is 0 Å². The number of hydrogen-bond donors (Lipinski definition) is 0. The summed E-state index contributed by atoms with van der Waals surface area (Å²) < 4.78 is 34.1. The van der Waals surface area contributed by atoms with Crippen LogP contribution >= 0.6 is 11.6 Å². The molecule has 2 rings (SSSR count). The Labute approximate surface area is 91.5 Å². The molecular weight excluding hydrogens is 239 g/mol. The standard InChI is InChI=1S/C10H6ClFO2S/c11-10-6-8(15(12,13)14)5-7-3-1-2-4-9(7)10/h1-6H. The van der Waals surface area contributed by atoms with Crippen LogP contribution in [0.4, 0.5) is 3.89 Å². The summed E-state index contributed by atoms with van der Waals surface area (Å²) in [5.41, 5.74) is 0. The van der Waals surface area contributed by atoms with Crippen molar-refractivity contribution in [2.45, 2.75) is 4.90 Å². The van der Waals surface area contributed by atoms with Crippen LogP contribution in [-0.4, -0.2) is 8.42 Å². The average molecular weight is 245 g/mol. The third-order valence-corrected chi connectivity index (χ3v) is 3.18. The molecule has 0 saturated carbocycles. The minimum atomic E-state index is -4.70. The van der Waals surface area contributed by atoms with Crippen LogP contribution in [0.15, 0.2) is 41.3 Å². The van der Waals surface area contributed by atoms with Crippen LogP contribution in [0.5, 0.6) is 0 Å². The zero-order chi connectivity index (χ0) is 11.1. The Bertz CT molecular complexity index is 622. The minimum absolute atomic E-state index is 0.226. The van der Waals surface area contributed by atoms with Crippen LogP contribution in [0, 0.1) is 0 Å². The third kappa shape index (κ3) is 1.96. The highest BCUT2D eigenvalue weighted by atomic mass is 35.5. The molecule has 0 N–H and O–H groups in total. The van der Waals surface area contributed by atoms with Crippen molar-refractivity contribution < 1.29 is 12.3 Å². The lowest BCUT2D eigenvalue weighted by Gasteiger charge is -2.02. The second-order valence-corrected chi connectivity index (χ2v) is 4.82. The molecule has 0 aliphatic rings. The van der Waals surface area contributed by atoms with Crippen molar-refractivity contribution in [3.05, 3.63) is 41.4 Å². The Morgan fingerprint density at radius 2 is 1.80 bits per heavy atom. The highest BCUT2D eigenvalue weighted by Gasteiger charge is 2.14. The van der Waals surface area contributed by atoms with Crippen LogP contribution in [-0.2, 0) is 10.2 Å². The molecule has 2 nitrogen and oxygen atoms in total. The van der Waals surface area contributed by atoms with Gasteiger partial charge in [-0.1, -0.05) is 35.9 Å². The first kappa shape index (κ1) is 10.4. The lowest BCUT2D eigenvalue weighted by Crippen LogP contribution is -1.91. The lowest BCUT2D eigenvalue weighted by molar-refractivity contribution is 0.552. The fourth-order valence-electron chi connectivity index (χ4n) is 1.38. The molecule has 5 heteroatoms. The molecule has 0 radical (unpaired) electrons. The zero-order valence-corrected chi connectivity index (χ0v) is 9.02. The van der Waals surface area contributed by atoms with E-state index in [0.717, 1.165) is 6.07 Å². The molecule has 0 saturated heterocycles. The molecule has 0 spiro atoms. The average Bonchev–Trinajstić information content (AvgIpc) is 2.16. The van der Waals surface area contributed by atoms with Crippen molar-refractivity contribution in [2.24, 2.45) is 0 Å². The first-order valence-corrected chi connectivity index (χ1v) is 5.87. The Kier molecular flexibility index (Phi) is 2.40. The number of benzene rings is 2. The summed E-state index contributed by atoms with van der Waals surface area (Å²) in [7, 11) is -4.70. The minimum Gasteiger partial charge on any atom is -0.189 e. The van der Waals surface area contributed by atoms with Gasteiger partial charge in [-0.25, -0.2) is 0 Å². The monoisotopic (exact) mass is 244 g/mol. The maximum atomic E-state index is 12.7. The molecule has 0 bridgehead atoms. The Morgan fingerprint density at radius 1 is 1.13 bits per heavy atom. The van der Waals surface area contributed by atoms with Crippen LogP contribution in [0.25, 0.3) is 10.8 Å². The normalized spacial score (nSPS) is 11.9. The maximum absolute atomic E-state index is 12.7. The van der Waals surface area contributed by atoms with Crippen LogP contribution in [0.2, 0.25) is 5.02 Å². The van der Waals surface area contributed by atoms with E-state index in [2.05, 4.69) is 0 Å². The zero-order valence-electron chi connectivity index (χ0n) is 7.44. The van der Waals surface area contributed by atoms with Crippen molar-refractivity contribution in [3.8, 4) is 0 Å². The maximum Gasteiger partial charge on any atom is 0.332 e. The predicted octanol–water partition coefficient (Wildman–Crippen LogP) is 3.15. The molecule has 0 aromatic heterocycles. The molecule has 0 fully saturated rings. The van der Waals surface area contributed by atoms with Gasteiger partial charge in [0.2, 0.25) is 0 Å². The van der Waals surface area contributed by atoms with E-state index >= 15 is 0 Å². The fraction of sp³-hybridized carbons (Fsp3) is 0. The van der Waals surface area contributed by atoms with Crippen LogP contribution in [0.3, 0.4) is 0 Å². The van der Waals surface area contributed by atoms with Gasteiger partial charge >= 0.3 is 10.2 Å². The Morgan fingerprint density at radius 3 is 2.47 bits per heavy atom. The van der Waals surface area contributed by atoms with E-state index in [9.17, 15) is 12.3 Å². The van der Waals surface area contributed by atoms with Crippen molar-refractivity contribution in [2.75, 3.05) is 0 Å². The topological polar surface area (TPSA) is 34.1 Å². The summed E-state index contributed by atoms with van der Waals surface area (Å²) in [5.74, 6) is 0. The largest absolute Gasteiger partial charge is 0.332 e. The molecule has 0 amide bonds. The van der Waals surface area contributed by atoms with Crippen molar-refractivity contribution in [1.29, 1.82) is 0 Å². The number of fused-ring (bicyclic) bond motifs is 1. The van der Waals surface area contributed by atoms with Gasteiger partial charge < -0.3 is 0 Å². The van der Waals surface area contributed by atoms with Gasteiger partial charge in [-0.2, -0.15) is 8.42 Å². The second kappa shape index (κ2) is 3.47. The third-order valence-electron chi connectivity index (χ3n) is 2.07. The van der Waals surface area contributed by atoms with Crippen LogP contribution in [0.1, 0.15) is 0 Å². The van der Waals surface area contributed by atoms with E-state index in [4.69, 9.17) is 11.6 Å². The summed E-state index contributed by atoms with van der Waals surface area (Å²) in [5, 5.41) is 1.53. The van der Waals surface area contributed by atoms with Gasteiger partial charge in [0.1, 0.15) is 4.90 Å². The summed E-state index contributed by atoms with van der Waals surface area (Å²) in [4.78, 5) is -0.411. The molecule has 0 aliphatic heterocycles. The van der Waals surface area contributed by atoms with E-state index < -0.39 is 15.1 Å². The summed E-state index contributed by atoms with van der Waals surface area (Å²) in [6.45, 7) is 0. The highest BCUT2D eigenvalue weighted by Crippen LogP contribution is 2.27. The summed E-state index contributed by atoms with van der Waals surface area (Å²) in [6, 6.07) is 9.29. The van der Waals surface area contributed by atoms with Gasteiger partial charge in [-0.15, -0.1) is 3.89 Å².